The van der Waals surface area contributed by atoms with Gasteiger partial charge in [0.2, 0.25) is 0 Å². The van der Waals surface area contributed by atoms with E-state index in [4.69, 9.17) is 4.74 Å². The Hall–Kier alpha value is -3.10. The average Bonchev–Trinajstić information content (AvgIpc) is 3.12. The molecule has 1 saturated heterocycles. The summed E-state index contributed by atoms with van der Waals surface area (Å²) in [6.45, 7) is 4.93. The first-order valence-corrected chi connectivity index (χ1v) is 10.2. The normalized spacial score (nSPS) is 17.2. The standard InChI is InChI=1S/C22H23F3N4O2/c1-3-31-17-8-6-15(7-9-17)21(30)28-10-4-5-16(13-28)18-12-19(22(23,24)25)29-20(26-18)11-14(2)27-29/h6-9,11-12,16H,3-5,10,13H2,1-2H3. The van der Waals surface area contributed by atoms with Crippen LogP contribution in [-0.2, 0) is 6.18 Å². The van der Waals surface area contributed by atoms with Crippen LogP contribution in [0.1, 0.15) is 53.1 Å². The van der Waals surface area contributed by atoms with Crippen LogP contribution in [-0.4, -0.2) is 45.1 Å². The van der Waals surface area contributed by atoms with Crippen molar-refractivity contribution >= 4 is 11.6 Å². The predicted octanol–water partition coefficient (Wildman–Crippen LogP) is 4.48. The molecule has 1 atom stereocenters. The highest BCUT2D eigenvalue weighted by Crippen LogP contribution is 2.34. The number of alkyl halides is 3. The molecule has 0 radical (unpaired) electrons. The first-order chi connectivity index (χ1) is 14.8. The summed E-state index contributed by atoms with van der Waals surface area (Å²) in [6.07, 6.45) is -3.19. The minimum Gasteiger partial charge on any atom is -0.494 e. The van der Waals surface area contributed by atoms with E-state index in [2.05, 4.69) is 10.1 Å². The molecule has 0 aliphatic carbocycles. The Bertz CT molecular complexity index is 1090. The third kappa shape index (κ3) is 4.35. The minimum atomic E-state index is -4.55. The van der Waals surface area contributed by atoms with E-state index in [1.54, 1.807) is 36.1 Å². The van der Waals surface area contributed by atoms with Crippen LogP contribution in [0.3, 0.4) is 0 Å². The molecule has 0 saturated carbocycles. The van der Waals surface area contributed by atoms with E-state index >= 15 is 0 Å². The lowest BCUT2D eigenvalue weighted by Crippen LogP contribution is -2.39. The fourth-order valence-electron chi connectivity index (χ4n) is 3.97. The maximum Gasteiger partial charge on any atom is 0.433 e. The number of nitrogens with zero attached hydrogens (tertiary/aromatic N) is 4. The third-order valence-electron chi connectivity index (χ3n) is 5.40. The fourth-order valence-corrected chi connectivity index (χ4v) is 3.97. The summed E-state index contributed by atoms with van der Waals surface area (Å²) in [5.74, 6) is 0.260. The van der Waals surface area contributed by atoms with Crippen molar-refractivity contribution in [2.45, 2.75) is 38.8 Å². The lowest BCUT2D eigenvalue weighted by molar-refractivity contribution is -0.142. The molecule has 1 aliphatic rings. The first kappa shape index (κ1) is 21.1. The number of hydrogen-bond acceptors (Lipinski definition) is 4. The summed E-state index contributed by atoms with van der Waals surface area (Å²) in [5, 5.41) is 3.93. The van der Waals surface area contributed by atoms with Gasteiger partial charge in [0, 0.05) is 36.3 Å². The van der Waals surface area contributed by atoms with E-state index in [1.165, 1.54) is 6.07 Å². The molecule has 1 aliphatic heterocycles. The number of carbonyl (C=O) groups excluding carboxylic acids is 1. The number of aromatic nitrogens is 3. The van der Waals surface area contributed by atoms with E-state index in [9.17, 15) is 18.0 Å². The van der Waals surface area contributed by atoms with Gasteiger partial charge in [0.1, 0.15) is 11.4 Å². The highest BCUT2D eigenvalue weighted by atomic mass is 19.4. The summed E-state index contributed by atoms with van der Waals surface area (Å²) in [5.41, 5.74) is 0.637. The van der Waals surface area contributed by atoms with Crippen LogP contribution in [0.5, 0.6) is 5.75 Å². The maximum atomic E-state index is 13.6. The minimum absolute atomic E-state index is 0.148. The topological polar surface area (TPSA) is 59.7 Å². The molecule has 4 rings (SSSR count). The van der Waals surface area contributed by atoms with Gasteiger partial charge in [-0.3, -0.25) is 4.79 Å². The molecular formula is C22H23F3N4O2. The van der Waals surface area contributed by atoms with Crippen LogP contribution < -0.4 is 4.74 Å². The van der Waals surface area contributed by atoms with Crippen molar-refractivity contribution in [2.75, 3.05) is 19.7 Å². The smallest absolute Gasteiger partial charge is 0.433 e. The van der Waals surface area contributed by atoms with Crippen molar-refractivity contribution in [3.05, 3.63) is 59.0 Å². The van der Waals surface area contributed by atoms with Gasteiger partial charge in [-0.05, 0) is 57.0 Å². The van der Waals surface area contributed by atoms with Crippen LogP contribution in [0.15, 0.2) is 36.4 Å². The second-order valence-electron chi connectivity index (χ2n) is 7.67. The second kappa shape index (κ2) is 8.20. The summed E-state index contributed by atoms with van der Waals surface area (Å²) in [6, 6.07) is 9.49. The zero-order valence-electron chi connectivity index (χ0n) is 17.3. The summed E-state index contributed by atoms with van der Waals surface area (Å²) < 4.78 is 47.1. The number of ether oxygens (including phenoxy) is 1. The SMILES string of the molecule is CCOc1ccc(C(=O)N2CCCC(c3cc(C(F)(F)F)n4nc(C)cc4n3)C2)cc1. The number of hydrogen-bond donors (Lipinski definition) is 0. The van der Waals surface area contributed by atoms with Gasteiger partial charge in [-0.15, -0.1) is 0 Å². The van der Waals surface area contributed by atoms with Crippen molar-refractivity contribution in [3.8, 4) is 5.75 Å². The number of carbonyl (C=O) groups is 1. The Morgan fingerprint density at radius 2 is 1.97 bits per heavy atom. The van der Waals surface area contributed by atoms with Crippen molar-refractivity contribution < 1.29 is 22.7 Å². The van der Waals surface area contributed by atoms with Gasteiger partial charge >= 0.3 is 6.18 Å². The number of rotatable bonds is 4. The maximum absolute atomic E-state index is 13.6. The Morgan fingerprint density at radius 1 is 1.23 bits per heavy atom. The molecule has 0 bridgehead atoms. The number of aryl methyl sites for hydroxylation is 1. The molecule has 9 heteroatoms. The van der Waals surface area contributed by atoms with Gasteiger partial charge in [-0.2, -0.15) is 18.3 Å². The lowest BCUT2D eigenvalue weighted by atomic mass is 9.93. The Morgan fingerprint density at radius 3 is 2.65 bits per heavy atom. The van der Waals surface area contributed by atoms with Crippen molar-refractivity contribution in [2.24, 2.45) is 0 Å². The monoisotopic (exact) mass is 432 g/mol. The van der Waals surface area contributed by atoms with Gasteiger partial charge in [-0.1, -0.05) is 0 Å². The van der Waals surface area contributed by atoms with Crippen LogP contribution in [0.4, 0.5) is 13.2 Å². The average molecular weight is 432 g/mol. The zero-order chi connectivity index (χ0) is 22.2. The molecule has 1 unspecified atom stereocenters. The number of benzene rings is 1. The molecule has 1 amide bonds. The Labute approximate surface area is 177 Å². The predicted molar refractivity (Wildman–Crippen MR) is 108 cm³/mol. The summed E-state index contributed by atoms with van der Waals surface area (Å²) in [4.78, 5) is 19.1. The third-order valence-corrected chi connectivity index (χ3v) is 5.40. The Balaban J connectivity index is 1.59. The molecular weight excluding hydrogens is 409 g/mol. The zero-order valence-corrected chi connectivity index (χ0v) is 17.3. The van der Waals surface area contributed by atoms with E-state index in [0.717, 1.165) is 10.6 Å². The van der Waals surface area contributed by atoms with E-state index in [1.807, 2.05) is 6.92 Å². The molecule has 3 heterocycles. The van der Waals surface area contributed by atoms with Crippen LogP contribution in [0.2, 0.25) is 0 Å². The molecule has 0 spiro atoms. The number of amides is 1. The first-order valence-electron chi connectivity index (χ1n) is 10.2. The van der Waals surface area contributed by atoms with E-state index < -0.39 is 11.9 Å². The van der Waals surface area contributed by atoms with Crippen molar-refractivity contribution in [1.29, 1.82) is 0 Å². The Kier molecular flexibility index (Phi) is 5.60. The van der Waals surface area contributed by atoms with Crippen LogP contribution in [0.25, 0.3) is 5.65 Å². The van der Waals surface area contributed by atoms with Crippen LogP contribution >= 0.6 is 0 Å². The molecule has 1 aromatic carbocycles. The fraction of sp³-hybridized carbons (Fsp3) is 0.409. The highest BCUT2D eigenvalue weighted by molar-refractivity contribution is 5.94. The van der Waals surface area contributed by atoms with Gasteiger partial charge in [0.05, 0.1) is 12.3 Å². The van der Waals surface area contributed by atoms with E-state index in [-0.39, 0.29) is 17.5 Å². The van der Waals surface area contributed by atoms with Crippen molar-refractivity contribution in [1.82, 2.24) is 19.5 Å². The van der Waals surface area contributed by atoms with E-state index in [0.29, 0.717) is 55.2 Å². The van der Waals surface area contributed by atoms with Crippen molar-refractivity contribution in [3.63, 3.8) is 0 Å². The summed E-state index contributed by atoms with van der Waals surface area (Å²) >= 11 is 0. The number of fused-ring (bicyclic) bond motifs is 1. The van der Waals surface area contributed by atoms with Gasteiger partial charge in [0.15, 0.2) is 5.65 Å². The van der Waals surface area contributed by atoms with Crippen LogP contribution in [0, 0.1) is 6.92 Å². The number of halogens is 3. The lowest BCUT2D eigenvalue weighted by Gasteiger charge is -2.33. The van der Waals surface area contributed by atoms with Gasteiger partial charge in [0.25, 0.3) is 5.91 Å². The number of piperidine rings is 1. The largest absolute Gasteiger partial charge is 0.494 e. The molecule has 3 aromatic rings. The molecule has 31 heavy (non-hydrogen) atoms. The molecule has 2 aromatic heterocycles. The molecule has 0 N–H and O–H groups in total. The molecule has 6 nitrogen and oxygen atoms in total. The van der Waals surface area contributed by atoms with Gasteiger partial charge in [-0.25, -0.2) is 9.50 Å². The molecule has 1 fully saturated rings. The van der Waals surface area contributed by atoms with Gasteiger partial charge < -0.3 is 9.64 Å². The molecule has 164 valence electrons. The number of likely N-dealkylation sites (tertiary alicyclic amines) is 1. The highest BCUT2D eigenvalue weighted by Gasteiger charge is 2.36. The second-order valence-corrected chi connectivity index (χ2v) is 7.67. The summed E-state index contributed by atoms with van der Waals surface area (Å²) in [7, 11) is 0. The quantitative estimate of drug-likeness (QED) is 0.610.